The van der Waals surface area contributed by atoms with E-state index in [0.717, 1.165) is 11.1 Å². The number of nitrogens with one attached hydrogen (secondary N) is 2. The quantitative estimate of drug-likeness (QED) is 0.836. The zero-order chi connectivity index (χ0) is 13.7. The Morgan fingerprint density at radius 1 is 1.21 bits per heavy atom. The summed E-state index contributed by atoms with van der Waals surface area (Å²) < 4.78 is 14.5. The summed E-state index contributed by atoms with van der Waals surface area (Å²) in [6.07, 6.45) is 3.71. The van der Waals surface area contributed by atoms with Gasteiger partial charge in [0, 0.05) is 31.9 Å². The molecule has 0 saturated heterocycles. The van der Waals surface area contributed by atoms with E-state index in [0.29, 0.717) is 18.2 Å². The average molecular weight is 278 g/mol. The number of aromatic nitrogens is 2. The number of aryl methyl sites for hydroxylation is 1. The van der Waals surface area contributed by atoms with E-state index < -0.39 is 0 Å². The topological polar surface area (TPSA) is 41.9 Å². The van der Waals surface area contributed by atoms with Gasteiger partial charge in [0.25, 0.3) is 0 Å². The molecule has 1 aromatic heterocycles. The molecule has 0 amide bonds. The second-order valence-electron chi connectivity index (χ2n) is 4.18. The highest BCUT2D eigenvalue weighted by atomic mass is 32.1. The number of thiocarbonyl (C=S) groups is 1. The molecule has 0 aliphatic rings. The van der Waals surface area contributed by atoms with Crippen LogP contribution in [0.1, 0.15) is 11.1 Å². The predicted octanol–water partition coefficient (Wildman–Crippen LogP) is 1.72. The van der Waals surface area contributed by atoms with Crippen LogP contribution in [0.15, 0.2) is 36.7 Å². The zero-order valence-corrected chi connectivity index (χ0v) is 11.4. The molecular formula is C13H15FN4S. The van der Waals surface area contributed by atoms with E-state index in [1.807, 2.05) is 13.2 Å². The number of halogens is 1. The van der Waals surface area contributed by atoms with Crippen LogP contribution in [-0.2, 0) is 20.1 Å². The largest absolute Gasteiger partial charge is 0.359 e. The molecule has 6 heteroatoms. The van der Waals surface area contributed by atoms with E-state index in [1.165, 1.54) is 12.1 Å². The van der Waals surface area contributed by atoms with Gasteiger partial charge in [-0.25, -0.2) is 4.39 Å². The molecule has 4 nitrogen and oxygen atoms in total. The van der Waals surface area contributed by atoms with Crippen molar-refractivity contribution in [3.63, 3.8) is 0 Å². The van der Waals surface area contributed by atoms with Gasteiger partial charge >= 0.3 is 0 Å². The van der Waals surface area contributed by atoms with Gasteiger partial charge in [-0.2, -0.15) is 5.10 Å². The molecule has 0 unspecified atom stereocenters. The van der Waals surface area contributed by atoms with Crippen molar-refractivity contribution in [2.45, 2.75) is 13.1 Å². The van der Waals surface area contributed by atoms with Crippen molar-refractivity contribution in [1.29, 1.82) is 0 Å². The Morgan fingerprint density at radius 3 is 2.42 bits per heavy atom. The van der Waals surface area contributed by atoms with Crippen LogP contribution in [0.4, 0.5) is 4.39 Å². The first-order chi connectivity index (χ1) is 9.13. The van der Waals surface area contributed by atoms with Crippen LogP contribution in [0, 0.1) is 5.82 Å². The first kappa shape index (κ1) is 13.5. The highest BCUT2D eigenvalue weighted by Crippen LogP contribution is 2.02. The fourth-order valence-corrected chi connectivity index (χ4v) is 1.74. The van der Waals surface area contributed by atoms with Crippen molar-refractivity contribution in [2.24, 2.45) is 7.05 Å². The molecule has 19 heavy (non-hydrogen) atoms. The van der Waals surface area contributed by atoms with Crippen molar-refractivity contribution in [3.8, 4) is 0 Å². The highest BCUT2D eigenvalue weighted by molar-refractivity contribution is 7.80. The van der Waals surface area contributed by atoms with Crippen molar-refractivity contribution in [1.82, 2.24) is 20.4 Å². The van der Waals surface area contributed by atoms with Crippen LogP contribution in [0.5, 0.6) is 0 Å². The average Bonchev–Trinajstić information content (AvgIpc) is 2.81. The maximum atomic E-state index is 12.7. The molecule has 2 N–H and O–H groups in total. The van der Waals surface area contributed by atoms with Gasteiger partial charge in [0.1, 0.15) is 5.82 Å². The molecule has 1 heterocycles. The van der Waals surface area contributed by atoms with Crippen LogP contribution in [0.2, 0.25) is 0 Å². The second-order valence-corrected chi connectivity index (χ2v) is 4.59. The lowest BCUT2D eigenvalue weighted by atomic mass is 10.2. The molecule has 0 spiro atoms. The number of rotatable bonds is 4. The van der Waals surface area contributed by atoms with E-state index in [-0.39, 0.29) is 5.82 Å². The highest BCUT2D eigenvalue weighted by Gasteiger charge is 1.99. The van der Waals surface area contributed by atoms with Gasteiger partial charge < -0.3 is 10.6 Å². The van der Waals surface area contributed by atoms with Crippen molar-refractivity contribution in [2.75, 3.05) is 0 Å². The third-order valence-corrected chi connectivity index (χ3v) is 2.87. The smallest absolute Gasteiger partial charge is 0.166 e. The summed E-state index contributed by atoms with van der Waals surface area (Å²) in [7, 11) is 1.87. The molecule has 100 valence electrons. The summed E-state index contributed by atoms with van der Waals surface area (Å²) in [6, 6.07) is 6.32. The number of nitrogens with zero attached hydrogens (tertiary/aromatic N) is 2. The Kier molecular flexibility index (Phi) is 4.46. The predicted molar refractivity (Wildman–Crippen MR) is 75.9 cm³/mol. The van der Waals surface area contributed by atoms with Crippen LogP contribution in [0.3, 0.4) is 0 Å². The molecule has 2 rings (SSSR count). The first-order valence-electron chi connectivity index (χ1n) is 5.87. The zero-order valence-electron chi connectivity index (χ0n) is 10.6. The van der Waals surface area contributed by atoms with Gasteiger partial charge in [-0.1, -0.05) is 12.1 Å². The maximum absolute atomic E-state index is 12.7. The van der Waals surface area contributed by atoms with E-state index in [9.17, 15) is 4.39 Å². The molecule has 0 atom stereocenters. The summed E-state index contributed by atoms with van der Waals surface area (Å²) >= 11 is 5.16. The lowest BCUT2D eigenvalue weighted by Gasteiger charge is -2.09. The number of hydrogen-bond donors (Lipinski definition) is 2. The van der Waals surface area contributed by atoms with Gasteiger partial charge in [0.2, 0.25) is 0 Å². The Hall–Kier alpha value is -1.95. The summed E-state index contributed by atoms with van der Waals surface area (Å²) in [6.45, 7) is 1.20. The van der Waals surface area contributed by atoms with Gasteiger partial charge in [-0.15, -0.1) is 0 Å². The third-order valence-electron chi connectivity index (χ3n) is 2.58. The molecular weight excluding hydrogens is 263 g/mol. The Balaban J connectivity index is 1.74. The molecule has 0 radical (unpaired) electrons. The van der Waals surface area contributed by atoms with Crippen LogP contribution in [-0.4, -0.2) is 14.9 Å². The molecule has 2 aromatic rings. The summed E-state index contributed by atoms with van der Waals surface area (Å²) in [5.41, 5.74) is 2.04. The van der Waals surface area contributed by atoms with Crippen LogP contribution in [0.25, 0.3) is 0 Å². The second kappa shape index (κ2) is 6.29. The maximum Gasteiger partial charge on any atom is 0.166 e. The third kappa shape index (κ3) is 4.33. The van der Waals surface area contributed by atoms with Crippen molar-refractivity contribution >= 4 is 17.3 Å². The molecule has 1 aromatic carbocycles. The normalized spacial score (nSPS) is 10.2. The summed E-state index contributed by atoms with van der Waals surface area (Å²) in [4.78, 5) is 0. The molecule has 0 aliphatic carbocycles. The van der Waals surface area contributed by atoms with Gasteiger partial charge in [-0.3, -0.25) is 4.68 Å². The standard InChI is InChI=1S/C13H15FN4S/c1-18-9-11(8-17-18)7-16-13(19)15-6-10-2-4-12(14)5-3-10/h2-5,8-9H,6-7H2,1H3,(H2,15,16,19). The van der Waals surface area contributed by atoms with E-state index in [2.05, 4.69) is 15.7 Å². The Labute approximate surface area is 116 Å². The van der Waals surface area contributed by atoms with Gasteiger partial charge in [-0.05, 0) is 29.9 Å². The fraction of sp³-hybridized carbons (Fsp3) is 0.231. The van der Waals surface area contributed by atoms with Crippen molar-refractivity contribution < 1.29 is 4.39 Å². The molecule has 0 fully saturated rings. The van der Waals surface area contributed by atoms with Crippen LogP contribution < -0.4 is 10.6 Å². The fourth-order valence-electron chi connectivity index (χ4n) is 1.59. The van der Waals surface area contributed by atoms with E-state index in [4.69, 9.17) is 12.2 Å². The van der Waals surface area contributed by atoms with Crippen molar-refractivity contribution in [3.05, 3.63) is 53.6 Å². The van der Waals surface area contributed by atoms with E-state index in [1.54, 1.807) is 23.0 Å². The SMILES string of the molecule is Cn1cc(CNC(=S)NCc2ccc(F)cc2)cn1. The van der Waals surface area contributed by atoms with Gasteiger partial charge in [0.05, 0.1) is 6.20 Å². The summed E-state index contributed by atoms with van der Waals surface area (Å²) in [5, 5.41) is 10.8. The minimum Gasteiger partial charge on any atom is -0.359 e. The minimum atomic E-state index is -0.235. The first-order valence-corrected chi connectivity index (χ1v) is 6.28. The summed E-state index contributed by atoms with van der Waals surface area (Å²) in [5.74, 6) is -0.235. The molecule has 0 bridgehead atoms. The Morgan fingerprint density at radius 2 is 1.84 bits per heavy atom. The van der Waals surface area contributed by atoms with E-state index >= 15 is 0 Å². The monoisotopic (exact) mass is 278 g/mol. The van der Waals surface area contributed by atoms with Crippen LogP contribution >= 0.6 is 12.2 Å². The van der Waals surface area contributed by atoms with Gasteiger partial charge in [0.15, 0.2) is 5.11 Å². The number of hydrogen-bond acceptors (Lipinski definition) is 2. The number of benzene rings is 1. The Bertz CT molecular complexity index is 550. The molecule has 0 saturated carbocycles. The molecule has 0 aliphatic heterocycles. The lowest BCUT2D eigenvalue weighted by molar-refractivity contribution is 0.626. The minimum absolute atomic E-state index is 0.235. The lowest BCUT2D eigenvalue weighted by Crippen LogP contribution is -2.34.